The molecule has 0 heterocycles. The van der Waals surface area contributed by atoms with Crippen LogP contribution < -0.4 is 10.4 Å². The van der Waals surface area contributed by atoms with Crippen molar-refractivity contribution in [2.24, 2.45) is 0 Å². The van der Waals surface area contributed by atoms with E-state index in [1.54, 1.807) is 0 Å². The first kappa shape index (κ1) is 14.8. The fourth-order valence-corrected chi connectivity index (χ4v) is 7.60. The molecule has 3 aromatic rings. The summed E-state index contributed by atoms with van der Waals surface area (Å²) >= 11 is 0. The normalized spacial score (nSPS) is 15.4. The van der Waals surface area contributed by atoms with Crippen LogP contribution in [0.3, 0.4) is 0 Å². The van der Waals surface area contributed by atoms with Crippen molar-refractivity contribution in [3.05, 3.63) is 96.1 Å². The Balaban J connectivity index is 2.16. The van der Waals surface area contributed by atoms with E-state index in [1.807, 2.05) is 60.7 Å². The topological polar surface area (TPSA) is 29.5 Å². The highest BCUT2D eigenvalue weighted by atomic mass is 28.4. The van der Waals surface area contributed by atoms with Gasteiger partial charge in [-0.1, -0.05) is 106 Å². The van der Waals surface area contributed by atoms with Crippen molar-refractivity contribution in [1.29, 1.82) is 0 Å². The molecule has 0 unspecified atom stereocenters. The number of rotatable bonds is 6. The summed E-state index contributed by atoms with van der Waals surface area (Å²) in [5, 5.41) is 11.2. The van der Waals surface area contributed by atoms with Crippen LogP contribution in [0.25, 0.3) is 0 Å². The fraction of sp³-hybridized carbons (Fsp3) is 0.250. The third kappa shape index (κ3) is 4.06. The van der Waals surface area contributed by atoms with Gasteiger partial charge in [0.15, 0.2) is 0 Å². The highest BCUT2D eigenvalue weighted by Crippen LogP contribution is 2.37. The Morgan fingerprint density at radius 2 is 1.22 bits per heavy atom. The molecule has 3 aromatic carbocycles. The molecule has 3 heteroatoms. The van der Waals surface area contributed by atoms with Crippen LogP contribution in [0.5, 0.6) is 0 Å². The van der Waals surface area contributed by atoms with Gasteiger partial charge in [-0.05, 0) is 26.5 Å². The smallest absolute Gasteiger partial charge is 0.261 e. The van der Waals surface area contributed by atoms with Gasteiger partial charge in [0, 0.05) is 0 Å². The molecule has 0 aliphatic rings. The summed E-state index contributed by atoms with van der Waals surface area (Å²) in [6.07, 6.45) is 0. The quantitative estimate of drug-likeness (QED) is 0.648. The van der Waals surface area contributed by atoms with Gasteiger partial charge in [0.2, 0.25) is 0 Å². The molecule has 0 aliphatic heterocycles. The zero-order chi connectivity index (χ0) is 22.9. The zero-order valence-corrected chi connectivity index (χ0v) is 16.9. The van der Waals surface area contributed by atoms with Crippen LogP contribution >= 0.6 is 0 Å². The molecule has 1 N–H and O–H groups in total. The third-order valence-electron chi connectivity index (χ3n) is 4.75. The minimum absolute atomic E-state index is 0.0671. The Hall–Kier alpha value is -2.20. The largest absolute Gasteiger partial charge is 0.403 e. The van der Waals surface area contributed by atoms with Crippen LogP contribution in [0.4, 0.5) is 0 Å². The molecule has 0 atom stereocenters. The summed E-state index contributed by atoms with van der Waals surface area (Å²) in [7, 11) is -3.12. The van der Waals surface area contributed by atoms with Crippen LogP contribution in [0.2, 0.25) is 5.04 Å². The molecule has 27 heavy (non-hydrogen) atoms. The molecular formula is C24H28O2Si. The first-order valence-corrected chi connectivity index (χ1v) is 10.9. The summed E-state index contributed by atoms with van der Waals surface area (Å²) in [6, 6.07) is 25.4. The van der Waals surface area contributed by atoms with E-state index < -0.39 is 21.4 Å². The third-order valence-corrected chi connectivity index (χ3v) is 9.57. The Morgan fingerprint density at radius 1 is 0.778 bits per heavy atom. The molecule has 0 aromatic heterocycles. The van der Waals surface area contributed by atoms with Crippen molar-refractivity contribution >= 4 is 18.7 Å². The Morgan fingerprint density at radius 3 is 1.63 bits per heavy atom. The zero-order valence-electron chi connectivity index (χ0n) is 19.9. The predicted octanol–water partition coefficient (Wildman–Crippen LogP) is 4.26. The van der Waals surface area contributed by atoms with E-state index in [-0.39, 0.29) is 16.2 Å². The van der Waals surface area contributed by atoms with Gasteiger partial charge in [-0.25, -0.2) is 0 Å². The first-order chi connectivity index (χ1) is 14.4. The summed E-state index contributed by atoms with van der Waals surface area (Å²) in [4.78, 5) is 0. The lowest BCUT2D eigenvalue weighted by Crippen LogP contribution is -2.66. The monoisotopic (exact) mass is 380 g/mol. The molecule has 0 radical (unpaired) electrons. The number of aliphatic hydroxyl groups is 1. The van der Waals surface area contributed by atoms with E-state index in [1.165, 1.54) is 24.3 Å². The maximum Gasteiger partial charge on any atom is 0.261 e. The second-order valence-electron chi connectivity index (χ2n) is 7.56. The maximum absolute atomic E-state index is 9.59. The lowest BCUT2D eigenvalue weighted by Gasteiger charge is -2.43. The van der Waals surface area contributed by atoms with Gasteiger partial charge < -0.3 is 9.53 Å². The molecule has 0 spiro atoms. The van der Waals surface area contributed by atoms with Crippen molar-refractivity contribution < 1.29 is 15.0 Å². The minimum atomic E-state index is -3.12. The van der Waals surface area contributed by atoms with E-state index in [0.29, 0.717) is 0 Å². The Labute approximate surface area is 169 Å². The molecule has 140 valence electrons. The number of hydrogen-bond donors (Lipinski definition) is 1. The summed E-state index contributed by atoms with van der Waals surface area (Å²) in [5.74, 6) is 0. The Kier molecular flexibility index (Phi) is 4.51. The standard InChI is InChI=1S/C24H28O2Si/c1-24(2,3)27(22-10-6-4-7-11-22,23-12-8-5-9-13-23)26-19-21-16-14-20(18-25)15-17-21/h4-17,25H,18-19H2,1-3H3/i18D2,19D2. The van der Waals surface area contributed by atoms with Gasteiger partial charge >= 0.3 is 0 Å². The molecule has 0 saturated heterocycles. The lowest BCUT2D eigenvalue weighted by molar-refractivity contribution is 0.280. The van der Waals surface area contributed by atoms with Gasteiger partial charge in [-0.15, -0.1) is 0 Å². The summed E-state index contributed by atoms with van der Waals surface area (Å²) in [5.41, 5.74) is 0.339. The minimum Gasteiger partial charge on any atom is -0.403 e. The second-order valence-corrected chi connectivity index (χ2v) is 11.8. The van der Waals surface area contributed by atoms with E-state index in [9.17, 15) is 5.11 Å². The number of benzene rings is 3. The van der Waals surface area contributed by atoms with E-state index >= 15 is 0 Å². The van der Waals surface area contributed by atoms with E-state index in [0.717, 1.165) is 10.4 Å². The lowest BCUT2D eigenvalue weighted by atomic mass is 10.1. The maximum atomic E-state index is 9.59. The average molecular weight is 381 g/mol. The van der Waals surface area contributed by atoms with E-state index in [4.69, 9.17) is 9.91 Å². The SMILES string of the molecule is [2H]C([2H])(O)c1ccc(C([2H])([2H])O[Si](c2ccccc2)(c2ccccc2)C(C)(C)C)cc1. The highest BCUT2D eigenvalue weighted by molar-refractivity contribution is 6.99. The van der Waals surface area contributed by atoms with Crippen LogP contribution in [0.15, 0.2) is 84.9 Å². The molecule has 2 nitrogen and oxygen atoms in total. The van der Waals surface area contributed by atoms with Crippen LogP contribution in [0.1, 0.15) is 37.4 Å². The van der Waals surface area contributed by atoms with Crippen LogP contribution in [-0.2, 0) is 17.5 Å². The highest BCUT2D eigenvalue weighted by Gasteiger charge is 2.50. The van der Waals surface area contributed by atoms with Crippen molar-refractivity contribution in [3.8, 4) is 0 Å². The molecule has 0 saturated carbocycles. The van der Waals surface area contributed by atoms with Crippen LogP contribution in [0, 0.1) is 0 Å². The molecule has 0 amide bonds. The number of hydrogen-bond acceptors (Lipinski definition) is 2. The molecule has 0 fully saturated rings. The van der Waals surface area contributed by atoms with Crippen molar-refractivity contribution in [2.75, 3.05) is 0 Å². The molecule has 0 bridgehead atoms. The predicted molar refractivity (Wildman–Crippen MR) is 115 cm³/mol. The van der Waals surface area contributed by atoms with Crippen LogP contribution in [-0.4, -0.2) is 13.4 Å². The van der Waals surface area contributed by atoms with Gasteiger partial charge in [-0.2, -0.15) is 0 Å². The fourth-order valence-electron chi connectivity index (χ4n) is 3.40. The summed E-state index contributed by atoms with van der Waals surface area (Å²) < 4.78 is 39.2. The second kappa shape index (κ2) is 8.22. The van der Waals surface area contributed by atoms with Gasteiger partial charge in [0.1, 0.15) is 0 Å². The van der Waals surface area contributed by atoms with Crippen molar-refractivity contribution in [1.82, 2.24) is 0 Å². The van der Waals surface area contributed by atoms with E-state index in [2.05, 4.69) is 20.8 Å². The molecular weight excluding hydrogens is 348 g/mol. The van der Waals surface area contributed by atoms with Gasteiger partial charge in [0.05, 0.1) is 18.6 Å². The average Bonchev–Trinajstić information content (AvgIpc) is 2.72. The van der Waals surface area contributed by atoms with Gasteiger partial charge in [0.25, 0.3) is 8.32 Å². The summed E-state index contributed by atoms with van der Waals surface area (Å²) in [6.45, 7) is 1.63. The van der Waals surface area contributed by atoms with Gasteiger partial charge in [-0.3, -0.25) is 0 Å². The molecule has 3 rings (SSSR count). The van der Waals surface area contributed by atoms with Crippen molar-refractivity contribution in [3.63, 3.8) is 0 Å². The van der Waals surface area contributed by atoms with Crippen molar-refractivity contribution in [2.45, 2.75) is 38.9 Å². The first-order valence-electron chi connectivity index (χ1n) is 11.0. The Bertz CT molecular complexity index is 956. The molecule has 0 aliphatic carbocycles.